The van der Waals surface area contributed by atoms with E-state index in [4.69, 9.17) is 10.7 Å². The fourth-order valence-electron chi connectivity index (χ4n) is 1.17. The summed E-state index contributed by atoms with van der Waals surface area (Å²) >= 11 is 0. The van der Waals surface area contributed by atoms with E-state index in [1.807, 2.05) is 0 Å². The highest BCUT2D eigenvalue weighted by atomic mass is 35.7. The first-order chi connectivity index (χ1) is 8.27. The predicted octanol–water partition coefficient (Wildman–Crippen LogP) is 1.47. The molecule has 0 aliphatic carbocycles. The zero-order valence-corrected chi connectivity index (χ0v) is 11.7. The molecule has 1 N–H and O–H groups in total. The van der Waals surface area contributed by atoms with Gasteiger partial charge >= 0.3 is 0 Å². The molecule has 8 heteroatoms. The monoisotopic (exact) mass is 309 g/mol. The largest absolute Gasteiger partial charge is 0.261 e. The molecule has 0 fully saturated rings. The van der Waals surface area contributed by atoms with Gasteiger partial charge in [-0.1, -0.05) is 12.1 Å². The van der Waals surface area contributed by atoms with E-state index in [0.29, 0.717) is 6.42 Å². The van der Waals surface area contributed by atoms with Gasteiger partial charge in [0.25, 0.3) is 9.05 Å². The van der Waals surface area contributed by atoms with Crippen LogP contribution in [0.1, 0.15) is 6.42 Å². The summed E-state index contributed by atoms with van der Waals surface area (Å²) in [6, 6.07) is 4.85. The number of sulfonamides is 1. The highest BCUT2D eigenvalue weighted by Crippen LogP contribution is 2.18. The minimum absolute atomic E-state index is 0.145. The minimum atomic E-state index is -3.95. The summed E-state index contributed by atoms with van der Waals surface area (Å²) in [4.78, 5) is -0.399. The van der Waals surface area contributed by atoms with Gasteiger partial charge in [0.2, 0.25) is 10.0 Å². The van der Waals surface area contributed by atoms with E-state index in [1.54, 1.807) is 6.08 Å². The van der Waals surface area contributed by atoms with Crippen molar-refractivity contribution in [2.24, 2.45) is 0 Å². The molecule has 0 unspecified atom stereocenters. The Hall–Kier alpha value is -0.890. The van der Waals surface area contributed by atoms with Crippen molar-refractivity contribution in [2.45, 2.75) is 16.2 Å². The second-order valence-corrected chi connectivity index (χ2v) is 7.72. The van der Waals surface area contributed by atoms with Crippen LogP contribution < -0.4 is 4.72 Å². The fourth-order valence-corrected chi connectivity index (χ4v) is 3.14. The Morgan fingerprint density at radius 2 is 1.83 bits per heavy atom. The lowest BCUT2D eigenvalue weighted by Crippen LogP contribution is -2.24. The van der Waals surface area contributed by atoms with Crippen LogP contribution in [0.15, 0.2) is 46.7 Å². The molecule has 0 heterocycles. The molecule has 0 atom stereocenters. The Morgan fingerprint density at radius 1 is 1.22 bits per heavy atom. The number of hydrogen-bond donors (Lipinski definition) is 1. The molecule has 0 spiro atoms. The zero-order valence-electron chi connectivity index (χ0n) is 9.34. The number of rotatable bonds is 6. The number of halogens is 1. The average Bonchev–Trinajstić information content (AvgIpc) is 2.28. The summed E-state index contributed by atoms with van der Waals surface area (Å²) in [6.45, 7) is 3.67. The third-order valence-electron chi connectivity index (χ3n) is 2.04. The maximum atomic E-state index is 11.8. The third kappa shape index (κ3) is 4.09. The van der Waals surface area contributed by atoms with E-state index in [-0.39, 0.29) is 16.3 Å². The van der Waals surface area contributed by atoms with Gasteiger partial charge in [-0.05, 0) is 24.6 Å². The van der Waals surface area contributed by atoms with E-state index < -0.39 is 19.1 Å². The first-order valence-corrected chi connectivity index (χ1v) is 8.72. The van der Waals surface area contributed by atoms with Gasteiger partial charge < -0.3 is 0 Å². The molecule has 1 rings (SSSR count). The Bertz CT molecular complexity index is 638. The molecule has 0 saturated carbocycles. The van der Waals surface area contributed by atoms with Crippen LogP contribution in [0.2, 0.25) is 0 Å². The molecule has 0 aliphatic rings. The van der Waals surface area contributed by atoms with Gasteiger partial charge in [-0.3, -0.25) is 0 Å². The summed E-state index contributed by atoms with van der Waals surface area (Å²) in [6.07, 6.45) is 2.05. The van der Waals surface area contributed by atoms with E-state index in [0.717, 1.165) is 6.07 Å². The molecule has 1 aromatic rings. The molecule has 18 heavy (non-hydrogen) atoms. The Balaban J connectivity index is 3.07. The van der Waals surface area contributed by atoms with E-state index in [2.05, 4.69) is 11.3 Å². The average molecular weight is 310 g/mol. The second-order valence-electron chi connectivity index (χ2n) is 3.39. The van der Waals surface area contributed by atoms with Crippen LogP contribution in [0.25, 0.3) is 0 Å². The Kier molecular flexibility index (Phi) is 4.92. The molecule has 1 aromatic carbocycles. The van der Waals surface area contributed by atoms with Crippen molar-refractivity contribution in [3.8, 4) is 0 Å². The summed E-state index contributed by atoms with van der Waals surface area (Å²) < 4.78 is 48.1. The summed E-state index contributed by atoms with van der Waals surface area (Å²) in [5.74, 6) is 0. The molecule has 0 aromatic heterocycles. The molecule has 0 aliphatic heterocycles. The summed E-state index contributed by atoms with van der Waals surface area (Å²) in [7, 11) is -2.53. The van der Waals surface area contributed by atoms with Crippen LogP contribution in [0.5, 0.6) is 0 Å². The molecular formula is C10H12ClNO4S2. The molecule has 100 valence electrons. The van der Waals surface area contributed by atoms with Gasteiger partial charge in [0.05, 0.1) is 9.79 Å². The predicted molar refractivity (Wildman–Crippen MR) is 69.5 cm³/mol. The van der Waals surface area contributed by atoms with Crippen molar-refractivity contribution < 1.29 is 16.8 Å². The van der Waals surface area contributed by atoms with Crippen molar-refractivity contribution in [3.05, 3.63) is 36.9 Å². The molecule has 5 nitrogen and oxygen atoms in total. The number of hydrogen-bond acceptors (Lipinski definition) is 4. The first kappa shape index (κ1) is 15.2. The fraction of sp³-hybridized carbons (Fsp3) is 0.200. The molecule has 0 saturated heterocycles. The molecular weight excluding hydrogens is 298 g/mol. The van der Waals surface area contributed by atoms with E-state index in [9.17, 15) is 16.8 Å². The van der Waals surface area contributed by atoms with Gasteiger partial charge in [0.1, 0.15) is 0 Å². The van der Waals surface area contributed by atoms with Crippen LogP contribution in [-0.2, 0) is 19.1 Å². The third-order valence-corrected chi connectivity index (χ3v) is 4.85. The van der Waals surface area contributed by atoms with E-state index >= 15 is 0 Å². The van der Waals surface area contributed by atoms with Gasteiger partial charge in [-0.25, -0.2) is 21.6 Å². The molecule has 0 amide bonds. The van der Waals surface area contributed by atoms with Crippen LogP contribution in [0, 0.1) is 0 Å². The summed E-state index contributed by atoms with van der Waals surface area (Å²) in [5, 5.41) is 0. The van der Waals surface area contributed by atoms with Crippen LogP contribution in [0.3, 0.4) is 0 Å². The van der Waals surface area contributed by atoms with Gasteiger partial charge in [-0.15, -0.1) is 6.58 Å². The lowest BCUT2D eigenvalue weighted by atomic mass is 10.4. The maximum absolute atomic E-state index is 11.8. The van der Waals surface area contributed by atoms with Crippen molar-refractivity contribution in [3.63, 3.8) is 0 Å². The minimum Gasteiger partial charge on any atom is -0.211 e. The number of nitrogens with one attached hydrogen (secondary N) is 1. The lowest BCUT2D eigenvalue weighted by molar-refractivity contribution is 0.582. The second kappa shape index (κ2) is 5.83. The van der Waals surface area contributed by atoms with E-state index in [1.165, 1.54) is 18.2 Å². The van der Waals surface area contributed by atoms with Crippen molar-refractivity contribution >= 4 is 29.8 Å². The van der Waals surface area contributed by atoms with Crippen molar-refractivity contribution in [1.29, 1.82) is 0 Å². The van der Waals surface area contributed by atoms with Crippen LogP contribution in [0.4, 0.5) is 0 Å². The van der Waals surface area contributed by atoms with Gasteiger partial charge in [0.15, 0.2) is 0 Å². The molecule has 0 bridgehead atoms. The van der Waals surface area contributed by atoms with Gasteiger partial charge in [0, 0.05) is 17.2 Å². The SMILES string of the molecule is C=CCCNS(=O)(=O)c1cccc(S(=O)(=O)Cl)c1. The summed E-state index contributed by atoms with van der Waals surface area (Å²) in [5.41, 5.74) is 0. The van der Waals surface area contributed by atoms with Crippen LogP contribution >= 0.6 is 10.7 Å². The van der Waals surface area contributed by atoms with Crippen molar-refractivity contribution in [1.82, 2.24) is 4.72 Å². The van der Waals surface area contributed by atoms with Gasteiger partial charge in [-0.2, -0.15) is 0 Å². The zero-order chi connectivity index (χ0) is 13.8. The topological polar surface area (TPSA) is 80.3 Å². The smallest absolute Gasteiger partial charge is 0.211 e. The first-order valence-electron chi connectivity index (χ1n) is 4.92. The normalized spacial score (nSPS) is 12.3. The highest BCUT2D eigenvalue weighted by molar-refractivity contribution is 8.13. The Labute approximate surface area is 111 Å². The highest BCUT2D eigenvalue weighted by Gasteiger charge is 2.17. The standard InChI is InChI=1S/C10H12ClNO4S2/c1-2-3-7-12-18(15,16)10-6-4-5-9(8-10)17(11,13)14/h2,4-6,8,12H,1,3,7H2. The number of benzene rings is 1. The Morgan fingerprint density at radius 3 is 2.39 bits per heavy atom. The van der Waals surface area contributed by atoms with Crippen LogP contribution in [-0.4, -0.2) is 23.4 Å². The maximum Gasteiger partial charge on any atom is 0.261 e. The molecule has 0 radical (unpaired) electrons. The quantitative estimate of drug-likeness (QED) is 0.490. The van der Waals surface area contributed by atoms with Crippen molar-refractivity contribution in [2.75, 3.05) is 6.54 Å². The lowest BCUT2D eigenvalue weighted by Gasteiger charge is -2.06.